The summed E-state index contributed by atoms with van der Waals surface area (Å²) in [5.41, 5.74) is 2.33. The van der Waals surface area contributed by atoms with Crippen LogP contribution >= 0.6 is 0 Å². The summed E-state index contributed by atoms with van der Waals surface area (Å²) in [5.74, 6) is 0. The van der Waals surface area contributed by atoms with Gasteiger partial charge in [-0.3, -0.25) is 0 Å². The van der Waals surface area contributed by atoms with Crippen molar-refractivity contribution in [1.29, 1.82) is 0 Å². The Balaban J connectivity index is 1.58. The van der Waals surface area contributed by atoms with E-state index in [4.69, 9.17) is 4.74 Å². The van der Waals surface area contributed by atoms with Crippen LogP contribution < -0.4 is 10.6 Å². The fourth-order valence-electron chi connectivity index (χ4n) is 3.21. The number of ether oxygens (including phenoxy) is 1. The van der Waals surface area contributed by atoms with E-state index in [1.54, 1.807) is 0 Å². The number of hydrogen-bond acceptors (Lipinski definition) is 2. The monoisotopic (exact) mass is 324 g/mol. The second-order valence-corrected chi connectivity index (χ2v) is 6.28. The zero-order chi connectivity index (χ0) is 16.7. The highest BCUT2D eigenvalue weighted by Crippen LogP contribution is 2.34. The SMILES string of the molecule is O=C(NCc1ccccc1)NCC1(c2ccccc2)CCOCC1. The van der Waals surface area contributed by atoms with Crippen LogP contribution in [0.25, 0.3) is 0 Å². The molecule has 0 spiro atoms. The van der Waals surface area contributed by atoms with Gasteiger partial charge in [-0.15, -0.1) is 0 Å². The molecule has 4 heteroatoms. The molecule has 4 nitrogen and oxygen atoms in total. The van der Waals surface area contributed by atoms with E-state index in [1.807, 2.05) is 36.4 Å². The predicted molar refractivity (Wildman–Crippen MR) is 94.9 cm³/mol. The lowest BCUT2D eigenvalue weighted by Gasteiger charge is -2.38. The fraction of sp³-hybridized carbons (Fsp3) is 0.350. The van der Waals surface area contributed by atoms with Crippen LogP contribution in [0.3, 0.4) is 0 Å². The van der Waals surface area contributed by atoms with Crippen LogP contribution in [0.2, 0.25) is 0 Å². The Morgan fingerprint density at radius 2 is 1.54 bits per heavy atom. The highest BCUT2D eigenvalue weighted by atomic mass is 16.5. The number of rotatable bonds is 5. The number of carbonyl (C=O) groups is 1. The summed E-state index contributed by atoms with van der Waals surface area (Å²) in [5, 5.41) is 5.98. The van der Waals surface area contributed by atoms with Crippen molar-refractivity contribution >= 4 is 6.03 Å². The van der Waals surface area contributed by atoms with Gasteiger partial charge >= 0.3 is 6.03 Å². The molecular weight excluding hydrogens is 300 g/mol. The van der Waals surface area contributed by atoms with Crippen LogP contribution in [0.1, 0.15) is 24.0 Å². The largest absolute Gasteiger partial charge is 0.381 e. The van der Waals surface area contributed by atoms with Crippen molar-refractivity contribution in [3.05, 3.63) is 71.8 Å². The molecule has 126 valence electrons. The van der Waals surface area contributed by atoms with Crippen LogP contribution in [0.5, 0.6) is 0 Å². The number of nitrogens with one attached hydrogen (secondary N) is 2. The number of benzene rings is 2. The van der Waals surface area contributed by atoms with E-state index in [0.29, 0.717) is 13.1 Å². The quantitative estimate of drug-likeness (QED) is 0.887. The average molecular weight is 324 g/mol. The van der Waals surface area contributed by atoms with E-state index in [1.165, 1.54) is 5.56 Å². The highest BCUT2D eigenvalue weighted by Gasteiger charge is 2.34. The Morgan fingerprint density at radius 1 is 0.917 bits per heavy atom. The lowest BCUT2D eigenvalue weighted by Crippen LogP contribution is -2.47. The van der Waals surface area contributed by atoms with Crippen molar-refractivity contribution in [2.45, 2.75) is 24.8 Å². The molecule has 1 aliphatic rings. The van der Waals surface area contributed by atoms with Gasteiger partial charge in [0.2, 0.25) is 0 Å². The molecule has 1 heterocycles. The van der Waals surface area contributed by atoms with Gasteiger partial charge < -0.3 is 15.4 Å². The van der Waals surface area contributed by atoms with Crippen LogP contribution in [0.4, 0.5) is 4.79 Å². The van der Waals surface area contributed by atoms with E-state index in [0.717, 1.165) is 31.6 Å². The van der Waals surface area contributed by atoms with Gasteiger partial charge in [0.25, 0.3) is 0 Å². The van der Waals surface area contributed by atoms with Crippen molar-refractivity contribution in [1.82, 2.24) is 10.6 Å². The third-order valence-corrected chi connectivity index (χ3v) is 4.72. The molecule has 1 aliphatic heterocycles. The molecule has 2 aromatic rings. The molecule has 1 fully saturated rings. The Hall–Kier alpha value is -2.33. The molecule has 2 N–H and O–H groups in total. The van der Waals surface area contributed by atoms with Crippen LogP contribution in [0.15, 0.2) is 60.7 Å². The van der Waals surface area contributed by atoms with E-state index >= 15 is 0 Å². The summed E-state index contributed by atoms with van der Waals surface area (Å²) >= 11 is 0. The molecular formula is C20H24N2O2. The third kappa shape index (κ3) is 4.15. The predicted octanol–water partition coefficient (Wildman–Crippen LogP) is 3.23. The topological polar surface area (TPSA) is 50.4 Å². The lowest BCUT2D eigenvalue weighted by atomic mass is 9.74. The van der Waals surface area contributed by atoms with Crippen molar-refractivity contribution in [2.24, 2.45) is 0 Å². The van der Waals surface area contributed by atoms with Crippen LogP contribution in [0, 0.1) is 0 Å². The van der Waals surface area contributed by atoms with Crippen molar-refractivity contribution in [3.63, 3.8) is 0 Å². The van der Waals surface area contributed by atoms with Gasteiger partial charge in [-0.05, 0) is 24.0 Å². The van der Waals surface area contributed by atoms with Gasteiger partial charge in [0, 0.05) is 31.7 Å². The Labute approximate surface area is 143 Å². The molecule has 3 rings (SSSR count). The van der Waals surface area contributed by atoms with E-state index in [9.17, 15) is 4.79 Å². The Kier molecular flexibility index (Phi) is 5.49. The zero-order valence-electron chi connectivity index (χ0n) is 13.8. The molecule has 0 aromatic heterocycles. The molecule has 0 radical (unpaired) electrons. The van der Waals surface area contributed by atoms with Crippen LogP contribution in [-0.4, -0.2) is 25.8 Å². The maximum atomic E-state index is 12.2. The third-order valence-electron chi connectivity index (χ3n) is 4.72. The molecule has 24 heavy (non-hydrogen) atoms. The number of urea groups is 1. The lowest BCUT2D eigenvalue weighted by molar-refractivity contribution is 0.0507. The van der Waals surface area contributed by atoms with Crippen molar-refractivity contribution in [3.8, 4) is 0 Å². The molecule has 2 aromatic carbocycles. The van der Waals surface area contributed by atoms with Crippen LogP contribution in [-0.2, 0) is 16.7 Å². The Morgan fingerprint density at radius 3 is 2.21 bits per heavy atom. The van der Waals surface area contributed by atoms with Crippen molar-refractivity contribution < 1.29 is 9.53 Å². The number of amides is 2. The van der Waals surface area contributed by atoms with Gasteiger partial charge in [0.05, 0.1) is 0 Å². The maximum Gasteiger partial charge on any atom is 0.315 e. The summed E-state index contributed by atoms with van der Waals surface area (Å²) in [6, 6.07) is 20.2. The first-order valence-electron chi connectivity index (χ1n) is 8.47. The first-order valence-corrected chi connectivity index (χ1v) is 8.47. The molecule has 0 bridgehead atoms. The van der Waals surface area contributed by atoms with Gasteiger partial charge in [-0.1, -0.05) is 60.7 Å². The molecule has 1 saturated heterocycles. The standard InChI is InChI=1S/C20H24N2O2/c23-19(21-15-17-7-3-1-4-8-17)22-16-20(11-13-24-14-12-20)18-9-5-2-6-10-18/h1-10H,11-16H2,(H2,21,22,23). The summed E-state index contributed by atoms with van der Waals surface area (Å²) in [6.07, 6.45) is 1.85. The minimum absolute atomic E-state index is 0.0381. The highest BCUT2D eigenvalue weighted by molar-refractivity contribution is 5.74. The molecule has 0 aliphatic carbocycles. The minimum atomic E-state index is -0.124. The second kappa shape index (κ2) is 7.97. The van der Waals surface area contributed by atoms with Gasteiger partial charge in [-0.2, -0.15) is 0 Å². The summed E-state index contributed by atoms with van der Waals surface area (Å²) < 4.78 is 5.53. The number of hydrogen-bond donors (Lipinski definition) is 2. The first-order chi connectivity index (χ1) is 11.8. The molecule has 0 unspecified atom stereocenters. The number of carbonyl (C=O) groups excluding carboxylic acids is 1. The Bertz CT molecular complexity index is 637. The second-order valence-electron chi connectivity index (χ2n) is 6.28. The summed E-state index contributed by atoms with van der Waals surface area (Å²) in [7, 11) is 0. The zero-order valence-corrected chi connectivity index (χ0v) is 13.8. The van der Waals surface area contributed by atoms with Gasteiger partial charge in [0.15, 0.2) is 0 Å². The summed E-state index contributed by atoms with van der Waals surface area (Å²) in [4.78, 5) is 12.2. The van der Waals surface area contributed by atoms with Gasteiger partial charge in [-0.25, -0.2) is 4.79 Å². The minimum Gasteiger partial charge on any atom is -0.381 e. The van der Waals surface area contributed by atoms with E-state index < -0.39 is 0 Å². The smallest absolute Gasteiger partial charge is 0.315 e. The fourth-order valence-corrected chi connectivity index (χ4v) is 3.21. The van der Waals surface area contributed by atoms with E-state index in [2.05, 4.69) is 34.9 Å². The molecule has 0 atom stereocenters. The van der Waals surface area contributed by atoms with E-state index in [-0.39, 0.29) is 11.4 Å². The summed E-state index contributed by atoms with van der Waals surface area (Å²) in [6.45, 7) is 2.64. The maximum absolute atomic E-state index is 12.2. The molecule has 2 amide bonds. The molecule has 0 saturated carbocycles. The van der Waals surface area contributed by atoms with Crippen molar-refractivity contribution in [2.75, 3.05) is 19.8 Å². The normalized spacial score (nSPS) is 16.3. The average Bonchev–Trinajstić information content (AvgIpc) is 2.67. The van der Waals surface area contributed by atoms with Gasteiger partial charge in [0.1, 0.15) is 0 Å². The first kappa shape index (κ1) is 16.5.